The van der Waals surface area contributed by atoms with Crippen molar-refractivity contribution in [3.8, 4) is 0 Å². The molecule has 1 N–H and O–H groups in total. The summed E-state index contributed by atoms with van der Waals surface area (Å²) in [4.78, 5) is 13.8. The van der Waals surface area contributed by atoms with Crippen molar-refractivity contribution in [1.29, 1.82) is 0 Å². The number of pyridine rings is 1. The summed E-state index contributed by atoms with van der Waals surface area (Å²) in [6.45, 7) is 0. The summed E-state index contributed by atoms with van der Waals surface area (Å²) in [6.07, 6.45) is 1.57. The first kappa shape index (κ1) is 7.82. The second-order valence-electron chi connectivity index (χ2n) is 1.77. The average Bonchev–Trinajstić information content (AvgIpc) is 1.88. The Bertz CT molecular complexity index is 283. The molecule has 0 amide bonds. The third-order valence-corrected chi connectivity index (χ3v) is 2.12. The molecule has 1 aromatic rings. The lowest BCUT2D eigenvalue weighted by Gasteiger charge is -1.95. The van der Waals surface area contributed by atoms with E-state index in [9.17, 15) is 4.79 Å². The Balaban J connectivity index is 3.31. The van der Waals surface area contributed by atoms with E-state index in [2.05, 4.69) is 20.9 Å². The van der Waals surface area contributed by atoms with E-state index in [1.165, 1.54) is 6.07 Å². The zero-order valence-corrected chi connectivity index (χ0v) is 7.37. The van der Waals surface area contributed by atoms with Gasteiger partial charge < -0.3 is 4.98 Å². The number of aromatic nitrogens is 1. The Labute approximate surface area is 71.3 Å². The maximum atomic E-state index is 10.9. The highest BCUT2D eigenvalue weighted by molar-refractivity contribution is 9.10. The standard InChI is InChI=1S/C6H5BrClNO/c7-6-4(3-8)5(10)1-2-9-6/h1-2H,3H2,(H,9,10). The molecule has 0 radical (unpaired) electrons. The number of alkyl halides is 1. The van der Waals surface area contributed by atoms with Crippen molar-refractivity contribution in [3.63, 3.8) is 0 Å². The fraction of sp³-hybridized carbons (Fsp3) is 0.167. The molecule has 54 valence electrons. The van der Waals surface area contributed by atoms with Crippen LogP contribution in [0.25, 0.3) is 0 Å². The second kappa shape index (κ2) is 3.21. The molecule has 0 atom stereocenters. The Hall–Kier alpha value is -0.280. The minimum atomic E-state index is -0.0411. The van der Waals surface area contributed by atoms with Gasteiger partial charge in [0.25, 0.3) is 0 Å². The van der Waals surface area contributed by atoms with Crippen LogP contribution in [0.1, 0.15) is 5.56 Å². The van der Waals surface area contributed by atoms with Crippen molar-refractivity contribution in [1.82, 2.24) is 4.98 Å². The minimum Gasteiger partial charge on any atom is -0.356 e. The van der Waals surface area contributed by atoms with E-state index in [1.54, 1.807) is 6.20 Å². The topological polar surface area (TPSA) is 32.9 Å². The third-order valence-electron chi connectivity index (χ3n) is 1.14. The number of hydrogen-bond acceptors (Lipinski definition) is 1. The summed E-state index contributed by atoms with van der Waals surface area (Å²) >= 11 is 8.65. The van der Waals surface area contributed by atoms with Crippen LogP contribution in [0.3, 0.4) is 0 Å². The lowest BCUT2D eigenvalue weighted by atomic mass is 10.3. The van der Waals surface area contributed by atoms with Crippen LogP contribution in [0.4, 0.5) is 0 Å². The number of rotatable bonds is 1. The maximum Gasteiger partial charge on any atom is 0.187 e. The summed E-state index contributed by atoms with van der Waals surface area (Å²) in [6, 6.07) is 1.45. The highest BCUT2D eigenvalue weighted by atomic mass is 79.9. The maximum absolute atomic E-state index is 10.9. The van der Waals surface area contributed by atoms with Crippen LogP contribution < -0.4 is 5.43 Å². The highest BCUT2D eigenvalue weighted by Crippen LogP contribution is 2.09. The molecule has 0 fully saturated rings. The van der Waals surface area contributed by atoms with Gasteiger partial charge in [0.05, 0.1) is 10.5 Å². The fourth-order valence-electron chi connectivity index (χ4n) is 0.611. The molecule has 1 aromatic heterocycles. The quantitative estimate of drug-likeness (QED) is 0.571. The van der Waals surface area contributed by atoms with Gasteiger partial charge in [-0.15, -0.1) is 11.6 Å². The summed E-state index contributed by atoms with van der Waals surface area (Å²) in [5.74, 6) is 0.233. The van der Waals surface area contributed by atoms with Gasteiger partial charge in [-0.25, -0.2) is 0 Å². The normalized spacial score (nSPS) is 9.80. The van der Waals surface area contributed by atoms with Crippen molar-refractivity contribution >= 4 is 27.5 Å². The summed E-state index contributed by atoms with van der Waals surface area (Å²) < 4.78 is 0.662. The zero-order valence-electron chi connectivity index (χ0n) is 5.03. The molecule has 0 aromatic carbocycles. The summed E-state index contributed by atoms with van der Waals surface area (Å²) in [5, 5.41) is 0. The molecule has 0 saturated heterocycles. The van der Waals surface area contributed by atoms with Crippen LogP contribution in [0.15, 0.2) is 21.7 Å². The van der Waals surface area contributed by atoms with Crippen LogP contribution >= 0.6 is 27.5 Å². The molecule has 4 heteroatoms. The van der Waals surface area contributed by atoms with Gasteiger partial charge in [0, 0.05) is 17.8 Å². The summed E-state index contributed by atoms with van der Waals surface area (Å²) in [5.41, 5.74) is 0.532. The first-order valence-electron chi connectivity index (χ1n) is 2.67. The van der Waals surface area contributed by atoms with Crippen molar-refractivity contribution in [2.75, 3.05) is 0 Å². The number of hydrogen-bond donors (Lipinski definition) is 1. The zero-order chi connectivity index (χ0) is 7.56. The smallest absolute Gasteiger partial charge is 0.187 e. The molecule has 2 nitrogen and oxygen atoms in total. The predicted octanol–water partition coefficient (Wildman–Crippen LogP) is 1.88. The molecule has 0 bridgehead atoms. The lowest BCUT2D eigenvalue weighted by Crippen LogP contribution is -2.06. The Morgan fingerprint density at radius 2 is 2.40 bits per heavy atom. The van der Waals surface area contributed by atoms with E-state index >= 15 is 0 Å². The van der Waals surface area contributed by atoms with Crippen LogP contribution in [-0.2, 0) is 5.88 Å². The van der Waals surface area contributed by atoms with E-state index < -0.39 is 0 Å². The van der Waals surface area contributed by atoms with Crippen molar-refractivity contribution < 1.29 is 0 Å². The van der Waals surface area contributed by atoms with Crippen molar-refractivity contribution in [2.24, 2.45) is 0 Å². The van der Waals surface area contributed by atoms with Gasteiger partial charge in [-0.2, -0.15) is 0 Å². The number of nitrogens with one attached hydrogen (secondary N) is 1. The van der Waals surface area contributed by atoms with Crippen molar-refractivity contribution in [2.45, 2.75) is 5.88 Å². The van der Waals surface area contributed by atoms with E-state index in [0.29, 0.717) is 10.2 Å². The van der Waals surface area contributed by atoms with E-state index in [1.807, 2.05) is 0 Å². The molecule has 0 saturated carbocycles. The minimum absolute atomic E-state index is 0.0411. The Morgan fingerprint density at radius 1 is 1.70 bits per heavy atom. The number of halogens is 2. The molecule has 1 rings (SSSR count). The van der Waals surface area contributed by atoms with E-state index in [-0.39, 0.29) is 11.3 Å². The first-order chi connectivity index (χ1) is 4.75. The molecule has 10 heavy (non-hydrogen) atoms. The van der Waals surface area contributed by atoms with E-state index in [0.717, 1.165) is 0 Å². The van der Waals surface area contributed by atoms with Gasteiger partial charge in [-0.1, -0.05) is 0 Å². The Morgan fingerprint density at radius 3 is 2.80 bits per heavy atom. The molecular formula is C6H5BrClNO. The monoisotopic (exact) mass is 221 g/mol. The molecule has 0 aliphatic carbocycles. The number of aromatic amines is 1. The third kappa shape index (κ3) is 1.41. The SMILES string of the molecule is O=c1cc[nH]c(Br)c1CCl. The number of H-pyrrole nitrogens is 1. The molecule has 0 aliphatic rings. The van der Waals surface area contributed by atoms with E-state index in [4.69, 9.17) is 11.6 Å². The fourth-order valence-corrected chi connectivity index (χ4v) is 1.51. The first-order valence-corrected chi connectivity index (χ1v) is 4.00. The van der Waals surface area contributed by atoms with Crippen LogP contribution in [0.5, 0.6) is 0 Å². The lowest BCUT2D eigenvalue weighted by molar-refractivity contribution is 1.17. The second-order valence-corrected chi connectivity index (χ2v) is 2.83. The van der Waals surface area contributed by atoms with Gasteiger partial charge in [0.15, 0.2) is 5.43 Å². The largest absolute Gasteiger partial charge is 0.356 e. The van der Waals surface area contributed by atoms with Gasteiger partial charge >= 0.3 is 0 Å². The highest BCUT2D eigenvalue weighted by Gasteiger charge is 2.00. The average molecular weight is 222 g/mol. The molecule has 0 aliphatic heterocycles. The predicted molar refractivity (Wildman–Crippen MR) is 44.3 cm³/mol. The molecular weight excluding hydrogens is 217 g/mol. The van der Waals surface area contributed by atoms with Gasteiger partial charge in [-0.05, 0) is 15.9 Å². The Kier molecular flexibility index (Phi) is 2.51. The van der Waals surface area contributed by atoms with Gasteiger partial charge in [0.1, 0.15) is 0 Å². The molecule has 0 unspecified atom stereocenters. The van der Waals surface area contributed by atoms with Crippen LogP contribution in [0.2, 0.25) is 0 Å². The van der Waals surface area contributed by atoms with Crippen LogP contribution in [0, 0.1) is 0 Å². The van der Waals surface area contributed by atoms with Crippen LogP contribution in [-0.4, -0.2) is 4.98 Å². The molecule has 0 spiro atoms. The van der Waals surface area contributed by atoms with Crippen molar-refractivity contribution in [3.05, 3.63) is 32.7 Å². The van der Waals surface area contributed by atoms with Gasteiger partial charge in [-0.3, -0.25) is 4.79 Å². The summed E-state index contributed by atoms with van der Waals surface area (Å²) in [7, 11) is 0. The van der Waals surface area contributed by atoms with Gasteiger partial charge in [0.2, 0.25) is 0 Å². The molecule has 1 heterocycles.